The van der Waals surface area contributed by atoms with E-state index in [4.69, 9.17) is 0 Å². The molecule has 0 aliphatic heterocycles. The summed E-state index contributed by atoms with van der Waals surface area (Å²) in [5, 5.41) is 3.96. The number of benzene rings is 1. The van der Waals surface area contributed by atoms with Gasteiger partial charge in [0.2, 0.25) is 0 Å². The van der Waals surface area contributed by atoms with Crippen molar-refractivity contribution in [2.24, 2.45) is 11.8 Å². The lowest BCUT2D eigenvalue weighted by atomic mass is 9.80. The summed E-state index contributed by atoms with van der Waals surface area (Å²) in [5.41, 5.74) is 1.49. The van der Waals surface area contributed by atoms with E-state index in [2.05, 4.69) is 56.4 Å². The minimum atomic E-state index is 0.550. The van der Waals surface area contributed by atoms with Crippen LogP contribution in [0.25, 0.3) is 0 Å². The van der Waals surface area contributed by atoms with Gasteiger partial charge in [0.1, 0.15) is 0 Å². The van der Waals surface area contributed by atoms with Crippen molar-refractivity contribution in [3.05, 3.63) is 35.9 Å². The molecule has 2 rings (SSSR count). The molecule has 1 aromatic carbocycles. The third-order valence-electron chi connectivity index (χ3n) is 4.92. The maximum Gasteiger partial charge on any atom is 0.0350 e. The number of hydrogen-bond acceptors (Lipinski definition) is 1. The molecule has 2 unspecified atom stereocenters. The van der Waals surface area contributed by atoms with Gasteiger partial charge in [-0.25, -0.2) is 0 Å². The fraction of sp³-hybridized carbons (Fsp3) is 0.700. The van der Waals surface area contributed by atoms with Crippen LogP contribution in [0.15, 0.2) is 30.3 Å². The Hall–Kier alpha value is -0.820. The molecule has 0 spiro atoms. The molecular weight excluding hydrogens is 254 g/mol. The Morgan fingerprint density at radius 1 is 0.952 bits per heavy atom. The van der Waals surface area contributed by atoms with Gasteiger partial charge in [-0.2, -0.15) is 0 Å². The minimum absolute atomic E-state index is 0.550. The molecule has 1 aromatic rings. The fourth-order valence-corrected chi connectivity index (χ4v) is 3.61. The molecule has 0 amide bonds. The van der Waals surface area contributed by atoms with Crippen LogP contribution < -0.4 is 5.32 Å². The second-order valence-electron chi connectivity index (χ2n) is 7.33. The smallest absolute Gasteiger partial charge is 0.0350 e. The van der Waals surface area contributed by atoms with Crippen LogP contribution in [-0.2, 0) is 0 Å². The molecule has 2 atom stereocenters. The third-order valence-corrected chi connectivity index (χ3v) is 4.92. The third kappa shape index (κ3) is 5.47. The Balaban J connectivity index is 2.01. The standard InChI is InChI=1S/C20H33N/c1-16(2)14-15-17(3)21-20(18-10-6-4-7-11-18)19-12-8-5-9-13-19/h4,6-7,10-11,16-17,19-21H,5,8-9,12-15H2,1-3H3. The Morgan fingerprint density at radius 2 is 1.62 bits per heavy atom. The van der Waals surface area contributed by atoms with Gasteiger partial charge in [0.15, 0.2) is 0 Å². The predicted molar refractivity (Wildman–Crippen MR) is 92.4 cm³/mol. The lowest BCUT2D eigenvalue weighted by Crippen LogP contribution is -2.36. The summed E-state index contributed by atoms with van der Waals surface area (Å²) in [6.07, 6.45) is 9.65. The molecule has 1 N–H and O–H groups in total. The van der Waals surface area contributed by atoms with Crippen molar-refractivity contribution in [1.29, 1.82) is 0 Å². The van der Waals surface area contributed by atoms with Crippen LogP contribution in [0.4, 0.5) is 0 Å². The molecule has 1 saturated carbocycles. The highest BCUT2D eigenvalue weighted by molar-refractivity contribution is 5.20. The molecule has 1 fully saturated rings. The highest BCUT2D eigenvalue weighted by atomic mass is 15.0. The zero-order chi connectivity index (χ0) is 15.1. The van der Waals surface area contributed by atoms with E-state index < -0.39 is 0 Å². The summed E-state index contributed by atoms with van der Waals surface area (Å²) in [7, 11) is 0. The van der Waals surface area contributed by atoms with Crippen LogP contribution in [-0.4, -0.2) is 6.04 Å². The van der Waals surface area contributed by atoms with E-state index in [9.17, 15) is 0 Å². The zero-order valence-corrected chi connectivity index (χ0v) is 14.1. The molecule has 0 bridgehead atoms. The highest BCUT2D eigenvalue weighted by Crippen LogP contribution is 2.35. The maximum absolute atomic E-state index is 3.96. The minimum Gasteiger partial charge on any atom is -0.307 e. The van der Waals surface area contributed by atoms with Crippen LogP contribution in [0, 0.1) is 11.8 Å². The number of rotatable bonds is 7. The molecule has 21 heavy (non-hydrogen) atoms. The van der Waals surface area contributed by atoms with Crippen molar-refractivity contribution in [3.63, 3.8) is 0 Å². The van der Waals surface area contributed by atoms with Crippen molar-refractivity contribution in [2.45, 2.75) is 77.8 Å². The monoisotopic (exact) mass is 287 g/mol. The first kappa shape index (κ1) is 16.5. The van der Waals surface area contributed by atoms with Crippen LogP contribution in [0.5, 0.6) is 0 Å². The van der Waals surface area contributed by atoms with Gasteiger partial charge in [-0.15, -0.1) is 0 Å². The molecular formula is C20H33N. The zero-order valence-electron chi connectivity index (χ0n) is 14.1. The second-order valence-corrected chi connectivity index (χ2v) is 7.33. The van der Waals surface area contributed by atoms with Crippen molar-refractivity contribution in [1.82, 2.24) is 5.32 Å². The van der Waals surface area contributed by atoms with Crippen molar-refractivity contribution >= 4 is 0 Å². The van der Waals surface area contributed by atoms with Gasteiger partial charge in [-0.05, 0) is 50.0 Å². The van der Waals surface area contributed by atoms with E-state index in [-0.39, 0.29) is 0 Å². The molecule has 1 heteroatoms. The molecule has 0 saturated heterocycles. The van der Waals surface area contributed by atoms with E-state index in [1.165, 1.54) is 50.5 Å². The van der Waals surface area contributed by atoms with Crippen LogP contribution in [0.1, 0.15) is 77.3 Å². The number of hydrogen-bond donors (Lipinski definition) is 1. The van der Waals surface area contributed by atoms with E-state index in [0.29, 0.717) is 12.1 Å². The quantitative estimate of drug-likeness (QED) is 0.676. The summed E-state index contributed by atoms with van der Waals surface area (Å²) >= 11 is 0. The SMILES string of the molecule is CC(C)CCC(C)NC(c1ccccc1)C1CCCCC1. The Morgan fingerprint density at radius 3 is 2.24 bits per heavy atom. The predicted octanol–water partition coefficient (Wildman–Crippen LogP) is 5.72. The van der Waals surface area contributed by atoms with E-state index in [0.717, 1.165) is 11.8 Å². The van der Waals surface area contributed by atoms with Gasteiger partial charge in [0, 0.05) is 12.1 Å². The lowest BCUT2D eigenvalue weighted by molar-refractivity contribution is 0.250. The second kappa shape index (κ2) is 8.58. The van der Waals surface area contributed by atoms with Gasteiger partial charge in [0.05, 0.1) is 0 Å². The van der Waals surface area contributed by atoms with Crippen molar-refractivity contribution in [2.75, 3.05) is 0 Å². The van der Waals surface area contributed by atoms with Crippen molar-refractivity contribution < 1.29 is 0 Å². The summed E-state index contributed by atoms with van der Waals surface area (Å²) in [4.78, 5) is 0. The fourth-order valence-electron chi connectivity index (χ4n) is 3.61. The molecule has 1 aliphatic carbocycles. The van der Waals surface area contributed by atoms with Gasteiger partial charge < -0.3 is 5.32 Å². The van der Waals surface area contributed by atoms with Gasteiger partial charge in [-0.1, -0.05) is 63.4 Å². The summed E-state index contributed by atoms with van der Waals surface area (Å²) in [6, 6.07) is 12.3. The molecule has 0 aromatic heterocycles. The van der Waals surface area contributed by atoms with Crippen LogP contribution >= 0.6 is 0 Å². The first-order chi connectivity index (χ1) is 10.2. The topological polar surface area (TPSA) is 12.0 Å². The first-order valence-corrected chi connectivity index (χ1v) is 8.98. The Kier molecular flexibility index (Phi) is 6.76. The largest absolute Gasteiger partial charge is 0.307 e. The average Bonchev–Trinajstić information content (AvgIpc) is 2.52. The van der Waals surface area contributed by atoms with Gasteiger partial charge in [-0.3, -0.25) is 0 Å². The van der Waals surface area contributed by atoms with Gasteiger partial charge >= 0.3 is 0 Å². The molecule has 118 valence electrons. The van der Waals surface area contributed by atoms with Gasteiger partial charge in [0.25, 0.3) is 0 Å². The molecule has 0 heterocycles. The summed E-state index contributed by atoms with van der Waals surface area (Å²) < 4.78 is 0. The maximum atomic E-state index is 3.96. The molecule has 0 radical (unpaired) electrons. The Bertz CT molecular complexity index is 378. The highest BCUT2D eigenvalue weighted by Gasteiger charge is 2.25. The van der Waals surface area contributed by atoms with E-state index in [1.807, 2.05) is 0 Å². The average molecular weight is 287 g/mol. The van der Waals surface area contributed by atoms with Crippen LogP contribution in [0.3, 0.4) is 0 Å². The first-order valence-electron chi connectivity index (χ1n) is 8.98. The molecule has 1 aliphatic rings. The van der Waals surface area contributed by atoms with E-state index in [1.54, 1.807) is 0 Å². The van der Waals surface area contributed by atoms with E-state index >= 15 is 0 Å². The summed E-state index contributed by atoms with van der Waals surface area (Å²) in [5.74, 6) is 1.63. The summed E-state index contributed by atoms with van der Waals surface area (Å²) in [6.45, 7) is 7.01. The van der Waals surface area contributed by atoms with Crippen LogP contribution in [0.2, 0.25) is 0 Å². The Labute approximate surface area is 131 Å². The normalized spacial score (nSPS) is 19.6. The molecule has 1 nitrogen and oxygen atoms in total. The lowest BCUT2D eigenvalue weighted by Gasteiger charge is -2.34. The number of nitrogens with one attached hydrogen (secondary N) is 1. The van der Waals surface area contributed by atoms with Crippen molar-refractivity contribution in [3.8, 4) is 0 Å².